The monoisotopic (exact) mass is 1340 g/mol. The lowest BCUT2D eigenvalue weighted by Gasteiger charge is -2.61. The Morgan fingerprint density at radius 2 is 0.935 bits per heavy atom. The molecule has 0 bridgehead atoms. The lowest BCUT2D eigenvalue weighted by Crippen LogP contribution is -2.69. The van der Waals surface area contributed by atoms with Crippen LogP contribution in [-0.2, 0) is 66.3 Å². The van der Waals surface area contributed by atoms with Crippen LogP contribution < -0.4 is 0 Å². The predicted octanol–water partition coefficient (Wildman–Crippen LogP) is -5.59. The first-order chi connectivity index (χ1) is 44.2. The van der Waals surface area contributed by atoms with Crippen LogP contribution in [0, 0.1) is 52.3 Å². The number of rotatable bonds is 16. The lowest BCUT2D eigenvalue weighted by atomic mass is 9.44. The maximum Gasteiger partial charge on any atom is 0.187 e. The predicted molar refractivity (Wildman–Crippen MR) is 306 cm³/mol. The van der Waals surface area contributed by atoms with E-state index < -0.39 is 223 Å². The molecule has 1 spiro atoms. The van der Waals surface area contributed by atoms with Crippen LogP contribution in [0.3, 0.4) is 0 Å². The van der Waals surface area contributed by atoms with Gasteiger partial charge < -0.3 is 153 Å². The molecule has 8 aliphatic heterocycles. The van der Waals surface area contributed by atoms with E-state index in [9.17, 15) is 86.8 Å². The van der Waals surface area contributed by atoms with Crippen molar-refractivity contribution < 1.29 is 153 Å². The van der Waals surface area contributed by atoms with Crippen molar-refractivity contribution in [3.63, 3.8) is 0 Å². The molecule has 4 aliphatic carbocycles. The van der Waals surface area contributed by atoms with Crippen molar-refractivity contribution in [1.82, 2.24) is 0 Å². The third-order valence-corrected chi connectivity index (χ3v) is 24.2. The van der Waals surface area contributed by atoms with Gasteiger partial charge in [-0.2, -0.15) is 0 Å². The zero-order valence-electron chi connectivity index (χ0n) is 53.1. The SMILES string of the molecule is CC1C2C(C[C@H]3[C@@H]4CC[C@H]5C[C@@H](O[C@@H]6O[C@H](CO)[C@H](O[C@@H]7O[C@H](CO)[C@@H](O)[C@H](O[C@@H]8O[C@H](CO)[C@@H](O)[C@H](O[C@@H]9OC[C@@H](O)[C@H](O)[C@H]9O)[C@H]8O)[C@H]7O[C@@H]7O[C@H](CO)[C@@H](O[C@@H]8O[C@@H](C)[C@H](O)[C@@H](O)[C@H]8O)[C@H](O)[C@H]7O)[C@H](O)[C@H]6O)CC[C@]5(C)[C@H]4CC[C@]23C)O[C@]12CC[C@@H](C)CO2. The molecule has 0 aromatic heterocycles. The van der Waals surface area contributed by atoms with Gasteiger partial charge in [-0.3, -0.25) is 0 Å². The molecule has 0 amide bonds. The van der Waals surface area contributed by atoms with E-state index in [0.29, 0.717) is 48.3 Å². The fourth-order valence-corrected chi connectivity index (χ4v) is 18.8. The van der Waals surface area contributed by atoms with E-state index >= 15 is 0 Å². The third-order valence-electron chi connectivity index (χ3n) is 24.2. The van der Waals surface area contributed by atoms with Gasteiger partial charge in [-0.25, -0.2) is 0 Å². The van der Waals surface area contributed by atoms with Crippen LogP contribution in [0.5, 0.6) is 0 Å². The molecule has 0 aromatic carbocycles. The van der Waals surface area contributed by atoms with Crippen LogP contribution in [0.1, 0.15) is 98.8 Å². The molecule has 8 heterocycles. The fraction of sp³-hybridized carbons (Fsp3) is 1.00. The van der Waals surface area contributed by atoms with Crippen LogP contribution in [0.25, 0.3) is 0 Å². The summed E-state index contributed by atoms with van der Waals surface area (Å²) < 4.78 is 85.6. The van der Waals surface area contributed by atoms with Gasteiger partial charge in [-0.05, 0) is 111 Å². The van der Waals surface area contributed by atoms with E-state index in [1.54, 1.807) is 0 Å². The maximum absolute atomic E-state index is 12.1. The van der Waals surface area contributed by atoms with Crippen molar-refractivity contribution in [2.45, 2.75) is 295 Å². The molecule has 12 rings (SSSR count). The molecule has 3 unspecified atom stereocenters. The summed E-state index contributed by atoms with van der Waals surface area (Å²) in [6, 6.07) is 0. The molecular weight excluding hydrogens is 1240 g/mol. The van der Waals surface area contributed by atoms with E-state index in [0.717, 1.165) is 58.0 Å². The van der Waals surface area contributed by atoms with Gasteiger partial charge in [0.25, 0.3) is 0 Å². The van der Waals surface area contributed by atoms with Gasteiger partial charge in [0.1, 0.15) is 134 Å². The minimum absolute atomic E-state index is 0.0194. The molecule has 12 aliphatic rings. The molecule has 93 heavy (non-hydrogen) atoms. The van der Waals surface area contributed by atoms with Crippen molar-refractivity contribution in [2.24, 2.45) is 52.3 Å². The first-order valence-corrected chi connectivity index (χ1v) is 33.6. The average Bonchev–Trinajstić information content (AvgIpc) is 1.59. The second kappa shape index (κ2) is 28.3. The molecule has 0 aromatic rings. The second-order valence-electron chi connectivity index (χ2n) is 29.5. The summed E-state index contributed by atoms with van der Waals surface area (Å²) in [4.78, 5) is 0. The first kappa shape index (κ1) is 71.6. The number of hydrogen-bond donors (Lipinski definition) is 17. The molecule has 31 heteroatoms. The van der Waals surface area contributed by atoms with E-state index in [1.807, 2.05) is 0 Å². The number of aliphatic hydroxyl groups excluding tert-OH is 17. The average molecular weight is 1340 g/mol. The minimum atomic E-state index is -2.24. The second-order valence-corrected chi connectivity index (χ2v) is 29.5. The van der Waals surface area contributed by atoms with Crippen LogP contribution >= 0.6 is 0 Å². The number of aliphatic hydroxyl groups is 17. The van der Waals surface area contributed by atoms with Crippen molar-refractivity contribution in [2.75, 3.05) is 39.6 Å². The summed E-state index contributed by atoms with van der Waals surface area (Å²) in [5.41, 5.74) is 0.169. The van der Waals surface area contributed by atoms with Crippen molar-refractivity contribution in [3.8, 4) is 0 Å². The molecule has 12 fully saturated rings. The quantitative estimate of drug-likeness (QED) is 0.0641. The summed E-state index contributed by atoms with van der Waals surface area (Å²) >= 11 is 0. The van der Waals surface area contributed by atoms with Gasteiger partial charge in [-0.1, -0.05) is 27.7 Å². The fourth-order valence-electron chi connectivity index (χ4n) is 18.8. The Morgan fingerprint density at radius 3 is 1.57 bits per heavy atom. The summed E-state index contributed by atoms with van der Waals surface area (Å²) in [5, 5.41) is 188. The highest BCUT2D eigenvalue weighted by Crippen LogP contribution is 2.71. The highest BCUT2D eigenvalue weighted by atomic mass is 16.8. The molecule has 17 N–H and O–H groups in total. The smallest absolute Gasteiger partial charge is 0.187 e. The van der Waals surface area contributed by atoms with Gasteiger partial charge in [0.15, 0.2) is 43.5 Å². The Bertz CT molecular complexity index is 2450. The molecule has 41 atom stereocenters. The Hall–Kier alpha value is -1.24. The molecule has 0 radical (unpaired) electrons. The number of fused-ring (bicyclic) bond motifs is 7. The highest BCUT2D eigenvalue weighted by molar-refractivity contribution is 5.16. The van der Waals surface area contributed by atoms with Crippen molar-refractivity contribution >= 4 is 0 Å². The topological polar surface area (TPSA) is 473 Å². The summed E-state index contributed by atoms with van der Waals surface area (Å²) in [7, 11) is 0. The highest BCUT2D eigenvalue weighted by Gasteiger charge is 2.70. The maximum atomic E-state index is 12.1. The standard InChI is InChI=1S/C62H102O31/c1-22-8-13-62(81-20-22)23(2)36-31(93-62)15-29-27-7-6-25-14-26(9-11-60(25,4)28(27)10-12-61(29,36)5)83-56-46(77)42(73)50(35(19-66)86-56)89-59-53(92-57-47(78)43(74)49(34(18-65)87-57)88-55-45(76)41(72)37(68)24(3)82-55)52(40(71)33(17-64)85-59)91-58-48(79)51(39(70)32(16-63)84-58)90-54-44(75)38(69)30(67)21-80-54/h22-59,63-79H,6-21H2,1-5H3/t22-,23?,24+,25+,26+,27-,28+,29+,30-,31?,32-,33-,34-,35-,36?,37+,38+,39-,40-,41-,42-,43-,44-,45-,46-,47-,48-,49-,50+,51+,52+,53-,54+,55+,56-,57+,58+,59+,60+,61+,62-/m1/s1. The minimum Gasteiger partial charge on any atom is -0.394 e. The Balaban J connectivity index is 0.757. The molecule has 8 saturated heterocycles. The largest absolute Gasteiger partial charge is 0.394 e. The van der Waals surface area contributed by atoms with E-state index in [1.165, 1.54) is 6.92 Å². The normalized spacial score (nSPS) is 57.5. The summed E-state index contributed by atoms with van der Waals surface area (Å²) in [6.07, 6.45) is -44.6. The van der Waals surface area contributed by atoms with Gasteiger partial charge in [0.05, 0.1) is 58.0 Å². The third kappa shape index (κ3) is 12.9. The number of ether oxygens (including phenoxy) is 14. The van der Waals surface area contributed by atoms with Crippen molar-refractivity contribution in [3.05, 3.63) is 0 Å². The zero-order valence-corrected chi connectivity index (χ0v) is 53.1. The summed E-state index contributed by atoms with van der Waals surface area (Å²) in [5.74, 6) is 2.66. The van der Waals surface area contributed by atoms with Crippen molar-refractivity contribution in [1.29, 1.82) is 0 Å². The molecule has 31 nitrogen and oxygen atoms in total. The Kier molecular flexibility index (Phi) is 21.8. The van der Waals surface area contributed by atoms with Gasteiger partial charge in [0.2, 0.25) is 0 Å². The van der Waals surface area contributed by atoms with Crippen LogP contribution in [-0.4, -0.2) is 323 Å². The lowest BCUT2D eigenvalue weighted by molar-refractivity contribution is -0.413. The molecule has 4 saturated carbocycles. The van der Waals surface area contributed by atoms with Crippen LogP contribution in [0.2, 0.25) is 0 Å². The van der Waals surface area contributed by atoms with E-state index in [-0.39, 0.29) is 22.9 Å². The van der Waals surface area contributed by atoms with E-state index in [2.05, 4.69) is 27.7 Å². The van der Waals surface area contributed by atoms with E-state index in [4.69, 9.17) is 66.3 Å². The number of hydrogen-bond acceptors (Lipinski definition) is 31. The summed E-state index contributed by atoms with van der Waals surface area (Å²) in [6.45, 7) is 7.18. The Morgan fingerprint density at radius 1 is 0.409 bits per heavy atom. The van der Waals surface area contributed by atoms with Gasteiger partial charge >= 0.3 is 0 Å². The first-order valence-electron chi connectivity index (χ1n) is 33.6. The van der Waals surface area contributed by atoms with Crippen LogP contribution in [0.4, 0.5) is 0 Å². The van der Waals surface area contributed by atoms with Gasteiger partial charge in [0, 0.05) is 12.3 Å². The van der Waals surface area contributed by atoms with Gasteiger partial charge in [-0.15, -0.1) is 0 Å². The zero-order chi connectivity index (χ0) is 66.7. The molecule has 536 valence electrons. The molecular formula is C62H102O31. The Labute approximate surface area is 538 Å². The van der Waals surface area contributed by atoms with Crippen LogP contribution in [0.15, 0.2) is 0 Å².